The molecule has 0 heterocycles. The Morgan fingerprint density at radius 2 is 1.86 bits per heavy atom. The van der Waals surface area contributed by atoms with Crippen molar-refractivity contribution >= 4 is 0 Å². The molecule has 0 aromatic heterocycles. The minimum atomic E-state index is -0.376. The highest BCUT2D eigenvalue weighted by Crippen LogP contribution is 2.30. The molecule has 2 nitrogen and oxygen atoms in total. The molecule has 0 unspecified atom stereocenters. The summed E-state index contributed by atoms with van der Waals surface area (Å²) in [5.41, 5.74) is -0.376. The predicted octanol–water partition coefficient (Wildman–Crippen LogP) is 2.41. The molecule has 1 fully saturated rings. The van der Waals surface area contributed by atoms with Crippen LogP contribution >= 0.6 is 0 Å². The molecule has 0 amide bonds. The molecule has 0 saturated heterocycles. The highest BCUT2D eigenvalue weighted by molar-refractivity contribution is 4.88. The third kappa shape index (κ3) is 3.25. The van der Waals surface area contributed by atoms with Crippen LogP contribution in [0.15, 0.2) is 0 Å². The van der Waals surface area contributed by atoms with Crippen LogP contribution < -0.4 is 0 Å². The van der Waals surface area contributed by atoms with Crippen LogP contribution in [-0.4, -0.2) is 34.7 Å². The van der Waals surface area contributed by atoms with Gasteiger partial charge < -0.3 is 5.11 Å². The van der Waals surface area contributed by atoms with Crippen molar-refractivity contribution in [2.75, 3.05) is 13.1 Å². The molecule has 0 aliphatic heterocycles. The molecule has 0 radical (unpaired) electrons. The first-order valence-corrected chi connectivity index (χ1v) is 6.04. The molecular formula is C12H25NO. The quantitative estimate of drug-likeness (QED) is 0.735. The van der Waals surface area contributed by atoms with Gasteiger partial charge in [-0.15, -0.1) is 0 Å². The Balaban J connectivity index is 2.45. The molecule has 1 aliphatic carbocycles. The largest absolute Gasteiger partial charge is 0.389 e. The van der Waals surface area contributed by atoms with Gasteiger partial charge in [0.1, 0.15) is 0 Å². The molecule has 0 atom stereocenters. The van der Waals surface area contributed by atoms with Crippen molar-refractivity contribution in [3.63, 3.8) is 0 Å². The normalized spacial score (nSPS) is 21.0. The molecule has 2 heteroatoms. The van der Waals surface area contributed by atoms with E-state index >= 15 is 0 Å². The fourth-order valence-electron chi connectivity index (χ4n) is 2.38. The predicted molar refractivity (Wildman–Crippen MR) is 60.4 cm³/mol. The van der Waals surface area contributed by atoms with Gasteiger partial charge in [0.2, 0.25) is 0 Å². The van der Waals surface area contributed by atoms with Gasteiger partial charge in [0.05, 0.1) is 5.60 Å². The minimum Gasteiger partial charge on any atom is -0.389 e. The lowest BCUT2D eigenvalue weighted by molar-refractivity contribution is 0.000645. The fourth-order valence-corrected chi connectivity index (χ4v) is 2.38. The molecule has 0 bridgehead atoms. The average molecular weight is 199 g/mol. The lowest BCUT2D eigenvalue weighted by Crippen LogP contribution is -2.44. The van der Waals surface area contributed by atoms with Crippen LogP contribution in [0.3, 0.4) is 0 Å². The number of rotatable bonds is 5. The third-order valence-corrected chi connectivity index (χ3v) is 3.27. The molecule has 0 spiro atoms. The first-order valence-electron chi connectivity index (χ1n) is 6.04. The zero-order valence-corrected chi connectivity index (χ0v) is 9.92. The van der Waals surface area contributed by atoms with Gasteiger partial charge in [-0.05, 0) is 39.7 Å². The average Bonchev–Trinajstić information content (AvgIpc) is 2.51. The molecule has 0 aromatic carbocycles. The van der Waals surface area contributed by atoms with E-state index in [0.29, 0.717) is 6.04 Å². The summed E-state index contributed by atoms with van der Waals surface area (Å²) in [6, 6.07) is 0.555. The van der Waals surface area contributed by atoms with Crippen LogP contribution in [0.4, 0.5) is 0 Å². The highest BCUT2D eigenvalue weighted by Gasteiger charge is 2.33. The summed E-state index contributed by atoms with van der Waals surface area (Å²) in [6.07, 6.45) is 5.58. The van der Waals surface area contributed by atoms with Gasteiger partial charge in [0.15, 0.2) is 0 Å². The van der Waals surface area contributed by atoms with E-state index in [-0.39, 0.29) is 5.60 Å². The van der Waals surface area contributed by atoms with E-state index in [2.05, 4.69) is 25.7 Å². The van der Waals surface area contributed by atoms with E-state index in [9.17, 15) is 5.11 Å². The maximum Gasteiger partial charge on any atom is 0.0774 e. The summed E-state index contributed by atoms with van der Waals surface area (Å²) < 4.78 is 0. The van der Waals surface area contributed by atoms with Crippen molar-refractivity contribution in [1.82, 2.24) is 4.90 Å². The maximum absolute atomic E-state index is 10.3. The van der Waals surface area contributed by atoms with E-state index in [4.69, 9.17) is 0 Å². The Labute approximate surface area is 88.3 Å². The van der Waals surface area contributed by atoms with E-state index in [0.717, 1.165) is 25.9 Å². The van der Waals surface area contributed by atoms with Crippen molar-refractivity contribution in [2.45, 2.75) is 64.5 Å². The second-order valence-corrected chi connectivity index (χ2v) is 5.00. The van der Waals surface area contributed by atoms with E-state index < -0.39 is 0 Å². The fraction of sp³-hybridized carbons (Fsp3) is 1.00. The number of hydrogen-bond acceptors (Lipinski definition) is 2. The Bertz CT molecular complexity index is 162. The van der Waals surface area contributed by atoms with Crippen LogP contribution in [0.1, 0.15) is 52.9 Å². The van der Waals surface area contributed by atoms with Gasteiger partial charge in [-0.2, -0.15) is 0 Å². The molecule has 14 heavy (non-hydrogen) atoms. The van der Waals surface area contributed by atoms with Crippen LogP contribution in [0.25, 0.3) is 0 Å². The van der Waals surface area contributed by atoms with Gasteiger partial charge >= 0.3 is 0 Å². The zero-order valence-electron chi connectivity index (χ0n) is 9.92. The third-order valence-electron chi connectivity index (χ3n) is 3.27. The summed E-state index contributed by atoms with van der Waals surface area (Å²) in [4.78, 5) is 2.41. The monoisotopic (exact) mass is 199 g/mol. The van der Waals surface area contributed by atoms with Gasteiger partial charge in [-0.1, -0.05) is 19.8 Å². The lowest BCUT2D eigenvalue weighted by atomic mass is 10.0. The molecule has 84 valence electrons. The minimum absolute atomic E-state index is 0.376. The van der Waals surface area contributed by atoms with E-state index in [1.54, 1.807) is 0 Å². The maximum atomic E-state index is 10.3. The summed E-state index contributed by atoms with van der Waals surface area (Å²) >= 11 is 0. The molecule has 0 aromatic rings. The molecule has 1 N–H and O–H groups in total. The number of hydrogen-bond donors (Lipinski definition) is 1. The molecule has 1 rings (SSSR count). The summed E-state index contributed by atoms with van der Waals surface area (Å²) in [5.74, 6) is 0. The van der Waals surface area contributed by atoms with Crippen LogP contribution in [0.5, 0.6) is 0 Å². The lowest BCUT2D eigenvalue weighted by Gasteiger charge is -2.33. The van der Waals surface area contributed by atoms with Crippen molar-refractivity contribution in [2.24, 2.45) is 0 Å². The van der Waals surface area contributed by atoms with E-state index in [1.807, 2.05) is 0 Å². The number of nitrogens with zero attached hydrogens (tertiary/aromatic N) is 1. The Kier molecular flexibility index (Phi) is 4.39. The van der Waals surface area contributed by atoms with Crippen LogP contribution in [0.2, 0.25) is 0 Å². The topological polar surface area (TPSA) is 23.5 Å². The second kappa shape index (κ2) is 5.13. The van der Waals surface area contributed by atoms with Gasteiger partial charge in [0.25, 0.3) is 0 Å². The Hall–Kier alpha value is -0.0800. The molecular weight excluding hydrogens is 174 g/mol. The van der Waals surface area contributed by atoms with Crippen molar-refractivity contribution in [3.05, 3.63) is 0 Å². The second-order valence-electron chi connectivity index (χ2n) is 5.00. The van der Waals surface area contributed by atoms with Crippen molar-refractivity contribution in [1.29, 1.82) is 0 Å². The smallest absolute Gasteiger partial charge is 0.0774 e. The SMILES string of the molecule is CCCN(CC1(O)CCCC1)C(C)C. The Morgan fingerprint density at radius 3 is 2.29 bits per heavy atom. The van der Waals surface area contributed by atoms with E-state index in [1.165, 1.54) is 19.3 Å². The number of aliphatic hydroxyl groups is 1. The summed E-state index contributed by atoms with van der Waals surface area (Å²) in [5, 5.41) is 10.3. The first-order chi connectivity index (χ1) is 6.57. The standard InChI is InChI=1S/C12H25NO/c1-4-9-13(11(2)3)10-12(14)7-5-6-8-12/h11,14H,4-10H2,1-3H3. The summed E-state index contributed by atoms with van der Waals surface area (Å²) in [7, 11) is 0. The van der Waals surface area contributed by atoms with Crippen molar-refractivity contribution < 1.29 is 5.11 Å². The highest BCUT2D eigenvalue weighted by atomic mass is 16.3. The van der Waals surface area contributed by atoms with Gasteiger partial charge in [-0.3, -0.25) is 4.90 Å². The van der Waals surface area contributed by atoms with Crippen molar-refractivity contribution in [3.8, 4) is 0 Å². The zero-order chi connectivity index (χ0) is 10.6. The molecule has 1 saturated carbocycles. The van der Waals surface area contributed by atoms with Crippen LogP contribution in [-0.2, 0) is 0 Å². The molecule has 1 aliphatic rings. The van der Waals surface area contributed by atoms with Crippen LogP contribution in [0, 0.1) is 0 Å². The Morgan fingerprint density at radius 1 is 1.29 bits per heavy atom. The van der Waals surface area contributed by atoms with Gasteiger partial charge in [-0.25, -0.2) is 0 Å². The summed E-state index contributed by atoms with van der Waals surface area (Å²) in [6.45, 7) is 8.62. The van der Waals surface area contributed by atoms with Gasteiger partial charge in [0, 0.05) is 12.6 Å². The first kappa shape index (κ1) is 12.0.